The van der Waals surface area contributed by atoms with Crippen LogP contribution in [0.1, 0.15) is 5.56 Å². The first kappa shape index (κ1) is 15.3. The smallest absolute Gasteiger partial charge is 0.181 e. The standard InChI is InChI=1S/C12H15F3N2O2S/c1-20(18,19)12-9(13)6-8(10(14)11(12)15)7-17-4-2-16-3-5-17/h6,16H,2-5,7H2,1H3. The van der Waals surface area contributed by atoms with Crippen molar-refractivity contribution in [3.8, 4) is 0 Å². The van der Waals surface area contributed by atoms with Crippen LogP contribution in [0.4, 0.5) is 13.2 Å². The average molecular weight is 308 g/mol. The predicted molar refractivity (Wildman–Crippen MR) is 67.6 cm³/mol. The molecular formula is C12H15F3N2O2S. The molecule has 4 nitrogen and oxygen atoms in total. The number of hydrogen-bond acceptors (Lipinski definition) is 4. The van der Waals surface area contributed by atoms with Crippen molar-refractivity contribution >= 4 is 9.84 Å². The van der Waals surface area contributed by atoms with Crippen LogP contribution < -0.4 is 5.32 Å². The normalized spacial score (nSPS) is 17.4. The highest BCUT2D eigenvalue weighted by molar-refractivity contribution is 7.90. The second-order valence-corrected chi connectivity index (χ2v) is 6.73. The third-order valence-electron chi connectivity index (χ3n) is 3.17. The molecule has 0 aliphatic carbocycles. The second-order valence-electron chi connectivity index (χ2n) is 4.77. The van der Waals surface area contributed by atoms with Gasteiger partial charge in [0.25, 0.3) is 0 Å². The quantitative estimate of drug-likeness (QED) is 0.844. The Kier molecular flexibility index (Phi) is 4.36. The third kappa shape index (κ3) is 3.13. The van der Waals surface area contributed by atoms with E-state index in [1.54, 1.807) is 0 Å². The van der Waals surface area contributed by atoms with Crippen LogP contribution in [0.25, 0.3) is 0 Å². The van der Waals surface area contributed by atoms with Gasteiger partial charge in [0.05, 0.1) is 0 Å². The van der Waals surface area contributed by atoms with Crippen molar-refractivity contribution in [2.75, 3.05) is 32.4 Å². The van der Waals surface area contributed by atoms with E-state index in [0.717, 1.165) is 6.07 Å². The lowest BCUT2D eigenvalue weighted by atomic mass is 10.1. The van der Waals surface area contributed by atoms with Gasteiger partial charge in [-0.3, -0.25) is 4.90 Å². The van der Waals surface area contributed by atoms with Gasteiger partial charge in [-0.2, -0.15) is 0 Å². The maximum absolute atomic E-state index is 13.9. The molecule has 20 heavy (non-hydrogen) atoms. The summed E-state index contributed by atoms with van der Waals surface area (Å²) < 4.78 is 63.9. The van der Waals surface area contributed by atoms with E-state index in [1.165, 1.54) is 0 Å². The number of hydrogen-bond donors (Lipinski definition) is 1. The minimum Gasteiger partial charge on any atom is -0.314 e. The second kappa shape index (κ2) is 5.71. The molecule has 112 valence electrons. The van der Waals surface area contributed by atoms with Gasteiger partial charge in [0.15, 0.2) is 21.5 Å². The number of halogens is 3. The van der Waals surface area contributed by atoms with Crippen LogP contribution in [0.5, 0.6) is 0 Å². The number of nitrogens with one attached hydrogen (secondary N) is 1. The minimum absolute atomic E-state index is 0.0470. The lowest BCUT2D eigenvalue weighted by Gasteiger charge is -2.27. The van der Waals surface area contributed by atoms with Gasteiger partial charge < -0.3 is 5.32 Å². The monoisotopic (exact) mass is 308 g/mol. The molecule has 8 heteroatoms. The van der Waals surface area contributed by atoms with E-state index < -0.39 is 32.2 Å². The topological polar surface area (TPSA) is 49.4 Å². The number of nitrogens with zero attached hydrogens (tertiary/aromatic N) is 1. The largest absolute Gasteiger partial charge is 0.314 e. The molecule has 0 atom stereocenters. The fraction of sp³-hybridized carbons (Fsp3) is 0.500. The van der Waals surface area contributed by atoms with Crippen LogP contribution in [0, 0.1) is 17.5 Å². The van der Waals surface area contributed by atoms with Crippen molar-refractivity contribution in [3.05, 3.63) is 29.1 Å². The Hall–Kier alpha value is -1.12. The Morgan fingerprint density at radius 1 is 1.20 bits per heavy atom. The summed E-state index contributed by atoms with van der Waals surface area (Å²) >= 11 is 0. The van der Waals surface area contributed by atoms with Gasteiger partial charge in [0.2, 0.25) is 0 Å². The van der Waals surface area contributed by atoms with E-state index in [0.29, 0.717) is 32.4 Å². The molecule has 0 bridgehead atoms. The maximum atomic E-state index is 13.9. The Morgan fingerprint density at radius 2 is 1.80 bits per heavy atom. The summed E-state index contributed by atoms with van der Waals surface area (Å²) in [4.78, 5) is 0.632. The first-order chi connectivity index (χ1) is 9.30. The van der Waals surface area contributed by atoms with Crippen molar-refractivity contribution in [1.82, 2.24) is 10.2 Å². The van der Waals surface area contributed by atoms with Crippen LogP contribution in [0.3, 0.4) is 0 Å². The van der Waals surface area contributed by atoms with Gasteiger partial charge in [-0.05, 0) is 6.07 Å². The number of benzene rings is 1. The number of sulfone groups is 1. The van der Waals surface area contributed by atoms with E-state index in [-0.39, 0.29) is 12.1 Å². The highest BCUT2D eigenvalue weighted by Crippen LogP contribution is 2.25. The predicted octanol–water partition coefficient (Wildman–Crippen LogP) is 0.913. The van der Waals surface area contributed by atoms with Gasteiger partial charge in [0, 0.05) is 44.5 Å². The molecule has 1 fully saturated rings. The average Bonchev–Trinajstić information content (AvgIpc) is 2.35. The van der Waals surface area contributed by atoms with E-state index in [9.17, 15) is 21.6 Å². The molecule has 1 saturated heterocycles. The summed E-state index contributed by atoms with van der Waals surface area (Å²) in [5.41, 5.74) is -0.172. The SMILES string of the molecule is CS(=O)(=O)c1c(F)cc(CN2CCNCC2)c(F)c1F. The molecule has 0 aromatic heterocycles. The molecule has 1 aliphatic rings. The Labute approximate surface area is 115 Å². The van der Waals surface area contributed by atoms with Crippen molar-refractivity contribution in [2.45, 2.75) is 11.4 Å². The third-order valence-corrected chi connectivity index (χ3v) is 4.28. The van der Waals surface area contributed by atoms with Crippen LogP contribution >= 0.6 is 0 Å². The molecule has 1 aliphatic heterocycles. The van der Waals surface area contributed by atoms with E-state index >= 15 is 0 Å². The lowest BCUT2D eigenvalue weighted by molar-refractivity contribution is 0.228. The molecule has 0 amide bonds. The molecule has 0 spiro atoms. The van der Waals surface area contributed by atoms with E-state index in [4.69, 9.17) is 0 Å². The van der Waals surface area contributed by atoms with Gasteiger partial charge in [-0.1, -0.05) is 0 Å². The van der Waals surface area contributed by atoms with Crippen molar-refractivity contribution in [3.63, 3.8) is 0 Å². The van der Waals surface area contributed by atoms with Gasteiger partial charge in [-0.15, -0.1) is 0 Å². The highest BCUT2D eigenvalue weighted by Gasteiger charge is 2.26. The summed E-state index contributed by atoms with van der Waals surface area (Å²) in [6, 6.07) is 0.761. The van der Waals surface area contributed by atoms with E-state index in [1.807, 2.05) is 4.90 Å². The maximum Gasteiger partial charge on any atom is 0.181 e. The zero-order valence-electron chi connectivity index (χ0n) is 10.9. The zero-order valence-corrected chi connectivity index (χ0v) is 11.7. The summed E-state index contributed by atoms with van der Waals surface area (Å²) in [6.45, 7) is 2.75. The fourth-order valence-electron chi connectivity index (χ4n) is 2.19. The Morgan fingerprint density at radius 3 is 2.35 bits per heavy atom. The summed E-state index contributed by atoms with van der Waals surface area (Å²) in [7, 11) is -4.15. The molecule has 2 rings (SSSR count). The van der Waals surface area contributed by atoms with Gasteiger partial charge in [-0.25, -0.2) is 21.6 Å². The van der Waals surface area contributed by atoms with Crippen LogP contribution in [-0.4, -0.2) is 45.8 Å². The number of piperazine rings is 1. The van der Waals surface area contributed by atoms with Gasteiger partial charge >= 0.3 is 0 Å². The zero-order chi connectivity index (χ0) is 14.9. The number of rotatable bonds is 3. The first-order valence-electron chi connectivity index (χ1n) is 6.10. The molecule has 1 heterocycles. The Bertz CT molecular complexity index is 614. The molecule has 1 N–H and O–H groups in total. The molecular weight excluding hydrogens is 293 g/mol. The van der Waals surface area contributed by atoms with E-state index in [2.05, 4.69) is 5.32 Å². The first-order valence-corrected chi connectivity index (χ1v) is 7.99. The minimum atomic E-state index is -4.15. The Balaban J connectivity index is 2.36. The molecule has 1 aromatic carbocycles. The molecule has 0 unspecified atom stereocenters. The van der Waals surface area contributed by atoms with Crippen molar-refractivity contribution in [1.29, 1.82) is 0 Å². The fourth-order valence-corrected chi connectivity index (χ4v) is 3.02. The molecule has 0 saturated carbocycles. The summed E-state index contributed by atoms with van der Waals surface area (Å²) in [5, 5.41) is 3.10. The van der Waals surface area contributed by atoms with Crippen LogP contribution in [0.15, 0.2) is 11.0 Å². The van der Waals surface area contributed by atoms with Gasteiger partial charge in [0.1, 0.15) is 10.7 Å². The molecule has 0 radical (unpaired) electrons. The molecule has 1 aromatic rings. The van der Waals surface area contributed by atoms with Crippen molar-refractivity contribution < 1.29 is 21.6 Å². The summed E-state index contributed by atoms with van der Waals surface area (Å²) in [5.74, 6) is -4.19. The van der Waals surface area contributed by atoms with Crippen molar-refractivity contribution in [2.24, 2.45) is 0 Å². The lowest BCUT2D eigenvalue weighted by Crippen LogP contribution is -2.43. The highest BCUT2D eigenvalue weighted by atomic mass is 32.2. The van der Waals surface area contributed by atoms with Crippen LogP contribution in [0.2, 0.25) is 0 Å². The van der Waals surface area contributed by atoms with Crippen LogP contribution in [-0.2, 0) is 16.4 Å². The summed E-state index contributed by atoms with van der Waals surface area (Å²) in [6.07, 6.45) is 0.643.